The van der Waals surface area contributed by atoms with Crippen molar-refractivity contribution in [2.75, 3.05) is 25.1 Å². The summed E-state index contributed by atoms with van der Waals surface area (Å²) in [5.74, 6) is 0.959. The van der Waals surface area contributed by atoms with Crippen LogP contribution in [-0.2, 0) is 9.53 Å². The zero-order chi connectivity index (χ0) is 16.2. The minimum atomic E-state index is -0.0680. The number of carbonyl (C=O) groups excluding carboxylic acids is 2. The van der Waals surface area contributed by atoms with E-state index < -0.39 is 0 Å². The van der Waals surface area contributed by atoms with Crippen LogP contribution < -0.4 is 10.6 Å². The molecule has 2 aliphatic carbocycles. The summed E-state index contributed by atoms with van der Waals surface area (Å²) in [6, 6.07) is 1.87. The van der Waals surface area contributed by atoms with Crippen molar-refractivity contribution < 1.29 is 14.3 Å². The zero-order valence-corrected chi connectivity index (χ0v) is 14.3. The van der Waals surface area contributed by atoms with E-state index in [1.807, 2.05) is 13.0 Å². The van der Waals surface area contributed by atoms with Gasteiger partial charge in [0.25, 0.3) is 5.91 Å². The van der Waals surface area contributed by atoms with Crippen LogP contribution in [0.4, 0.5) is 5.00 Å². The molecule has 0 spiro atoms. The predicted molar refractivity (Wildman–Crippen MR) is 90.9 cm³/mol. The van der Waals surface area contributed by atoms with Gasteiger partial charge in [0.15, 0.2) is 0 Å². The third-order valence-electron chi connectivity index (χ3n) is 4.12. The molecule has 0 bridgehead atoms. The van der Waals surface area contributed by atoms with Gasteiger partial charge in [0.1, 0.15) is 0 Å². The van der Waals surface area contributed by atoms with Crippen LogP contribution in [0.15, 0.2) is 6.07 Å². The molecule has 6 heteroatoms. The van der Waals surface area contributed by atoms with Crippen molar-refractivity contribution in [2.24, 2.45) is 11.8 Å². The fourth-order valence-corrected chi connectivity index (χ4v) is 3.32. The summed E-state index contributed by atoms with van der Waals surface area (Å²) in [6.45, 7) is 4.08. The zero-order valence-electron chi connectivity index (χ0n) is 13.5. The first kappa shape index (κ1) is 16.5. The first-order valence-electron chi connectivity index (χ1n) is 8.40. The van der Waals surface area contributed by atoms with Crippen LogP contribution in [0.2, 0.25) is 0 Å². The Balaban J connectivity index is 1.39. The van der Waals surface area contributed by atoms with Crippen LogP contribution in [0.3, 0.4) is 0 Å². The molecule has 2 saturated carbocycles. The van der Waals surface area contributed by atoms with Crippen LogP contribution in [-0.4, -0.2) is 31.6 Å². The van der Waals surface area contributed by atoms with Gasteiger partial charge in [0.05, 0.1) is 9.88 Å². The van der Waals surface area contributed by atoms with E-state index in [0.29, 0.717) is 18.0 Å². The summed E-state index contributed by atoms with van der Waals surface area (Å²) >= 11 is 1.35. The summed E-state index contributed by atoms with van der Waals surface area (Å²) in [6.07, 6.45) is 5.38. The molecule has 2 amide bonds. The predicted octanol–water partition coefficient (Wildman–Crippen LogP) is 2.95. The molecule has 23 heavy (non-hydrogen) atoms. The summed E-state index contributed by atoms with van der Waals surface area (Å²) < 4.78 is 5.55. The molecule has 2 N–H and O–H groups in total. The second-order valence-electron chi connectivity index (χ2n) is 6.51. The Morgan fingerprint density at radius 2 is 2.09 bits per heavy atom. The van der Waals surface area contributed by atoms with Gasteiger partial charge in [0.2, 0.25) is 5.91 Å². The topological polar surface area (TPSA) is 67.4 Å². The van der Waals surface area contributed by atoms with Crippen molar-refractivity contribution in [3.8, 4) is 0 Å². The SMILES string of the molecule is Cc1cc(NC(=O)C2CC2)sc1C(=O)NCCCOCC1CC1. The minimum absolute atomic E-state index is 0.0680. The fraction of sp³-hybridized carbons (Fsp3) is 0.647. The Hall–Kier alpha value is -1.40. The van der Waals surface area contributed by atoms with E-state index in [1.54, 1.807) is 0 Å². The lowest BCUT2D eigenvalue weighted by Gasteiger charge is -2.05. The Bertz CT molecular complexity index is 576. The molecule has 0 unspecified atom stereocenters. The highest BCUT2D eigenvalue weighted by molar-refractivity contribution is 7.18. The van der Waals surface area contributed by atoms with Gasteiger partial charge in [-0.3, -0.25) is 9.59 Å². The number of thiophene rings is 1. The van der Waals surface area contributed by atoms with Gasteiger partial charge in [-0.05, 0) is 56.6 Å². The first-order chi connectivity index (χ1) is 11.1. The summed E-state index contributed by atoms with van der Waals surface area (Å²) in [7, 11) is 0. The largest absolute Gasteiger partial charge is 0.381 e. The fourth-order valence-electron chi connectivity index (χ4n) is 2.33. The number of rotatable bonds is 9. The van der Waals surface area contributed by atoms with Gasteiger partial charge >= 0.3 is 0 Å². The minimum Gasteiger partial charge on any atom is -0.381 e. The molecule has 0 aliphatic heterocycles. The molecular weight excluding hydrogens is 312 g/mol. The monoisotopic (exact) mass is 336 g/mol. The molecular formula is C17H24N2O3S. The molecule has 126 valence electrons. The van der Waals surface area contributed by atoms with Gasteiger partial charge in [-0.15, -0.1) is 11.3 Å². The van der Waals surface area contributed by atoms with E-state index in [9.17, 15) is 9.59 Å². The van der Waals surface area contributed by atoms with E-state index in [-0.39, 0.29) is 17.7 Å². The number of amides is 2. The quantitative estimate of drug-likeness (QED) is 0.681. The molecule has 3 rings (SSSR count). The van der Waals surface area contributed by atoms with E-state index >= 15 is 0 Å². The lowest BCUT2D eigenvalue weighted by atomic mass is 10.2. The third-order valence-corrected chi connectivity index (χ3v) is 5.27. The number of aryl methyl sites for hydroxylation is 1. The van der Waals surface area contributed by atoms with Gasteiger partial charge in [-0.2, -0.15) is 0 Å². The second-order valence-corrected chi connectivity index (χ2v) is 7.57. The van der Waals surface area contributed by atoms with E-state index in [1.165, 1.54) is 24.2 Å². The van der Waals surface area contributed by atoms with Gasteiger partial charge < -0.3 is 15.4 Å². The molecule has 0 saturated heterocycles. The average molecular weight is 336 g/mol. The summed E-state index contributed by atoms with van der Waals surface area (Å²) in [5, 5.41) is 6.59. The number of nitrogens with one attached hydrogen (secondary N) is 2. The van der Waals surface area contributed by atoms with Gasteiger partial charge in [0, 0.05) is 25.7 Å². The maximum absolute atomic E-state index is 12.2. The Morgan fingerprint density at radius 1 is 1.30 bits per heavy atom. The second kappa shape index (κ2) is 7.45. The highest BCUT2D eigenvalue weighted by Crippen LogP contribution is 2.32. The molecule has 1 aromatic rings. The van der Waals surface area contributed by atoms with E-state index in [0.717, 1.165) is 42.4 Å². The van der Waals surface area contributed by atoms with Crippen molar-refractivity contribution in [1.82, 2.24) is 5.32 Å². The van der Waals surface area contributed by atoms with Crippen LogP contribution in [0, 0.1) is 18.8 Å². The molecule has 2 fully saturated rings. The van der Waals surface area contributed by atoms with Crippen molar-refractivity contribution in [3.05, 3.63) is 16.5 Å². The van der Waals surface area contributed by atoms with Crippen LogP contribution in [0.5, 0.6) is 0 Å². The number of ether oxygens (including phenoxy) is 1. The lowest BCUT2D eigenvalue weighted by Crippen LogP contribution is -2.25. The van der Waals surface area contributed by atoms with Crippen molar-refractivity contribution in [3.63, 3.8) is 0 Å². The Labute approximate surface area is 140 Å². The first-order valence-corrected chi connectivity index (χ1v) is 9.22. The molecule has 5 nitrogen and oxygen atoms in total. The lowest BCUT2D eigenvalue weighted by molar-refractivity contribution is -0.117. The Kier molecular flexibility index (Phi) is 5.33. The van der Waals surface area contributed by atoms with Crippen molar-refractivity contribution in [2.45, 2.75) is 39.0 Å². The van der Waals surface area contributed by atoms with Crippen molar-refractivity contribution in [1.29, 1.82) is 0 Å². The molecule has 0 aromatic carbocycles. The molecule has 1 aromatic heterocycles. The van der Waals surface area contributed by atoms with Crippen LogP contribution in [0.1, 0.15) is 47.3 Å². The molecule has 2 aliphatic rings. The third kappa shape index (κ3) is 5.04. The number of hydrogen-bond donors (Lipinski definition) is 2. The molecule has 0 radical (unpaired) electrons. The van der Waals surface area contributed by atoms with Gasteiger partial charge in [-0.25, -0.2) is 0 Å². The molecule has 0 atom stereocenters. The number of carbonyl (C=O) groups is 2. The highest BCUT2D eigenvalue weighted by atomic mass is 32.1. The van der Waals surface area contributed by atoms with Crippen LogP contribution in [0.25, 0.3) is 0 Å². The normalized spacial score (nSPS) is 17.1. The standard InChI is InChI=1S/C17H24N2O3S/c1-11-9-14(19-16(20)13-5-6-13)23-15(11)17(21)18-7-2-8-22-10-12-3-4-12/h9,12-13H,2-8,10H2,1H3,(H,18,21)(H,19,20). The van der Waals surface area contributed by atoms with E-state index in [4.69, 9.17) is 4.74 Å². The van der Waals surface area contributed by atoms with Crippen molar-refractivity contribution >= 4 is 28.2 Å². The maximum Gasteiger partial charge on any atom is 0.261 e. The van der Waals surface area contributed by atoms with Crippen LogP contribution >= 0.6 is 11.3 Å². The summed E-state index contributed by atoms with van der Waals surface area (Å²) in [5.41, 5.74) is 0.906. The number of hydrogen-bond acceptors (Lipinski definition) is 4. The molecule has 1 heterocycles. The maximum atomic E-state index is 12.2. The average Bonchev–Trinajstić information content (AvgIpc) is 3.41. The highest BCUT2D eigenvalue weighted by Gasteiger charge is 2.30. The smallest absolute Gasteiger partial charge is 0.261 e. The Morgan fingerprint density at radius 3 is 2.78 bits per heavy atom. The van der Waals surface area contributed by atoms with E-state index in [2.05, 4.69) is 10.6 Å². The van der Waals surface area contributed by atoms with Gasteiger partial charge in [-0.1, -0.05) is 0 Å². The summed E-state index contributed by atoms with van der Waals surface area (Å²) in [4.78, 5) is 24.7. The number of anilines is 1.